The molecule has 0 saturated carbocycles. The van der Waals surface area contributed by atoms with Crippen molar-refractivity contribution in [2.24, 2.45) is 12.5 Å². The summed E-state index contributed by atoms with van der Waals surface area (Å²) in [6.07, 6.45) is 0.445. The van der Waals surface area contributed by atoms with Gasteiger partial charge in [0.2, 0.25) is 11.8 Å². The number of aromatic nitrogens is 1. The summed E-state index contributed by atoms with van der Waals surface area (Å²) in [6.45, 7) is 12.4. The van der Waals surface area contributed by atoms with E-state index in [1.165, 1.54) is 5.69 Å². The van der Waals surface area contributed by atoms with E-state index >= 15 is 0 Å². The molecule has 0 unspecified atom stereocenters. The Morgan fingerprint density at radius 1 is 1.04 bits per heavy atom. The molecule has 1 aliphatic rings. The largest absolute Gasteiger partial charge is 0.352 e. The lowest BCUT2D eigenvalue weighted by atomic mass is 9.94. The third-order valence-electron chi connectivity index (χ3n) is 4.78. The third-order valence-corrected chi connectivity index (χ3v) is 4.78. The Morgan fingerprint density at radius 3 is 2.00 bits per heavy atom. The summed E-state index contributed by atoms with van der Waals surface area (Å²) >= 11 is 0. The van der Waals surface area contributed by atoms with E-state index in [1.807, 2.05) is 37.6 Å². The molecular formula is C18H29N3O2. The molecule has 0 aromatic carbocycles. The van der Waals surface area contributed by atoms with Gasteiger partial charge in [-0.05, 0) is 25.5 Å². The van der Waals surface area contributed by atoms with Gasteiger partial charge in [-0.1, -0.05) is 20.8 Å². The number of carbonyl (C=O) groups is 2. The van der Waals surface area contributed by atoms with Gasteiger partial charge >= 0.3 is 0 Å². The molecule has 5 nitrogen and oxygen atoms in total. The fourth-order valence-corrected chi connectivity index (χ4v) is 3.02. The predicted molar refractivity (Wildman–Crippen MR) is 91.2 cm³/mol. The summed E-state index contributed by atoms with van der Waals surface area (Å²) in [5, 5.41) is 0. The maximum absolute atomic E-state index is 12.5. The standard InChI is InChI=1S/C18H29N3O2/c1-13-11-15(14(2)19(13)6)12-16(22)20-7-9-21(10-8-20)17(23)18(3,4)5/h11H,7-10,12H2,1-6H3. The Balaban J connectivity index is 1.94. The summed E-state index contributed by atoms with van der Waals surface area (Å²) in [6, 6.07) is 2.09. The highest BCUT2D eigenvalue weighted by Crippen LogP contribution is 2.19. The molecule has 1 aromatic heterocycles. The number of nitrogens with zero attached hydrogens (tertiary/aromatic N) is 3. The second-order valence-electron chi connectivity index (χ2n) is 7.56. The molecule has 0 aliphatic carbocycles. The van der Waals surface area contributed by atoms with Gasteiger partial charge in [-0.25, -0.2) is 0 Å². The average Bonchev–Trinajstić information content (AvgIpc) is 2.73. The first-order valence-corrected chi connectivity index (χ1v) is 8.30. The molecule has 1 fully saturated rings. The van der Waals surface area contributed by atoms with E-state index in [0.717, 1.165) is 11.3 Å². The van der Waals surface area contributed by atoms with E-state index in [2.05, 4.69) is 24.5 Å². The van der Waals surface area contributed by atoms with Gasteiger partial charge in [-0.15, -0.1) is 0 Å². The number of aryl methyl sites for hydroxylation is 1. The zero-order valence-corrected chi connectivity index (χ0v) is 15.3. The first-order valence-electron chi connectivity index (χ1n) is 8.30. The summed E-state index contributed by atoms with van der Waals surface area (Å²) in [4.78, 5) is 28.6. The predicted octanol–water partition coefficient (Wildman–Crippen LogP) is 1.90. The third kappa shape index (κ3) is 3.77. The van der Waals surface area contributed by atoms with Crippen LogP contribution in [0.15, 0.2) is 6.07 Å². The summed E-state index contributed by atoms with van der Waals surface area (Å²) in [5.74, 6) is 0.320. The minimum atomic E-state index is -0.356. The van der Waals surface area contributed by atoms with Crippen molar-refractivity contribution in [3.63, 3.8) is 0 Å². The van der Waals surface area contributed by atoms with Crippen molar-refractivity contribution in [2.75, 3.05) is 26.2 Å². The van der Waals surface area contributed by atoms with Crippen LogP contribution in [-0.2, 0) is 23.1 Å². The van der Waals surface area contributed by atoms with Crippen LogP contribution in [0, 0.1) is 19.3 Å². The van der Waals surface area contributed by atoms with Gasteiger partial charge in [-0.2, -0.15) is 0 Å². The SMILES string of the molecule is Cc1cc(CC(=O)N2CCN(C(=O)C(C)(C)C)CC2)c(C)n1C. The van der Waals surface area contributed by atoms with Crippen molar-refractivity contribution in [1.82, 2.24) is 14.4 Å². The van der Waals surface area contributed by atoms with Gasteiger partial charge in [0, 0.05) is 50.0 Å². The molecule has 2 heterocycles. The normalized spacial score (nSPS) is 15.9. The topological polar surface area (TPSA) is 45.6 Å². The molecule has 1 aromatic rings. The Hall–Kier alpha value is -1.78. The second-order valence-corrected chi connectivity index (χ2v) is 7.56. The van der Waals surface area contributed by atoms with E-state index in [9.17, 15) is 9.59 Å². The number of rotatable bonds is 2. The van der Waals surface area contributed by atoms with Gasteiger partial charge in [-0.3, -0.25) is 9.59 Å². The number of amides is 2. The van der Waals surface area contributed by atoms with Crippen molar-refractivity contribution in [1.29, 1.82) is 0 Å². The molecule has 2 amide bonds. The molecule has 0 N–H and O–H groups in total. The first kappa shape index (κ1) is 17.6. The van der Waals surface area contributed by atoms with E-state index in [4.69, 9.17) is 0 Å². The lowest BCUT2D eigenvalue weighted by Crippen LogP contribution is -2.53. The van der Waals surface area contributed by atoms with Crippen molar-refractivity contribution in [3.05, 3.63) is 23.0 Å². The smallest absolute Gasteiger partial charge is 0.228 e. The Labute approximate surface area is 139 Å². The quantitative estimate of drug-likeness (QED) is 0.836. The van der Waals surface area contributed by atoms with Gasteiger partial charge in [0.1, 0.15) is 0 Å². The van der Waals surface area contributed by atoms with E-state index in [0.29, 0.717) is 32.6 Å². The second kappa shape index (κ2) is 6.38. The molecule has 1 aliphatic heterocycles. The van der Waals surface area contributed by atoms with Crippen LogP contribution in [0.5, 0.6) is 0 Å². The Bertz CT molecular complexity index is 603. The Kier molecular flexibility index (Phi) is 4.87. The zero-order valence-electron chi connectivity index (χ0n) is 15.3. The Morgan fingerprint density at radius 2 is 1.57 bits per heavy atom. The van der Waals surface area contributed by atoms with Crippen molar-refractivity contribution < 1.29 is 9.59 Å². The zero-order chi connectivity index (χ0) is 17.4. The lowest BCUT2D eigenvalue weighted by Gasteiger charge is -2.37. The van der Waals surface area contributed by atoms with E-state index in [1.54, 1.807) is 0 Å². The fraction of sp³-hybridized carbons (Fsp3) is 0.667. The molecule has 0 atom stereocenters. The number of hydrogen-bond donors (Lipinski definition) is 0. The van der Waals surface area contributed by atoms with Crippen LogP contribution in [0.4, 0.5) is 0 Å². The highest BCUT2D eigenvalue weighted by atomic mass is 16.2. The van der Waals surface area contributed by atoms with Gasteiger partial charge < -0.3 is 14.4 Å². The molecule has 128 valence electrons. The van der Waals surface area contributed by atoms with Crippen molar-refractivity contribution >= 4 is 11.8 Å². The highest BCUT2D eigenvalue weighted by molar-refractivity contribution is 5.82. The number of carbonyl (C=O) groups excluding carboxylic acids is 2. The van der Waals surface area contributed by atoms with Crippen LogP contribution in [0.25, 0.3) is 0 Å². The fourth-order valence-electron chi connectivity index (χ4n) is 3.02. The maximum Gasteiger partial charge on any atom is 0.228 e. The maximum atomic E-state index is 12.5. The highest BCUT2D eigenvalue weighted by Gasteiger charge is 2.30. The minimum absolute atomic E-state index is 0.154. The lowest BCUT2D eigenvalue weighted by molar-refractivity contribution is -0.144. The van der Waals surface area contributed by atoms with Gasteiger partial charge in [0.15, 0.2) is 0 Å². The molecular weight excluding hydrogens is 290 g/mol. The number of piperazine rings is 1. The molecule has 5 heteroatoms. The first-order chi connectivity index (χ1) is 10.6. The number of hydrogen-bond acceptors (Lipinski definition) is 2. The summed E-state index contributed by atoms with van der Waals surface area (Å²) in [5.41, 5.74) is 3.07. The van der Waals surface area contributed by atoms with Crippen LogP contribution in [-0.4, -0.2) is 52.4 Å². The molecule has 0 bridgehead atoms. The van der Waals surface area contributed by atoms with Crippen LogP contribution in [0.2, 0.25) is 0 Å². The van der Waals surface area contributed by atoms with E-state index < -0.39 is 0 Å². The molecule has 1 saturated heterocycles. The van der Waals surface area contributed by atoms with Crippen LogP contribution >= 0.6 is 0 Å². The van der Waals surface area contributed by atoms with Crippen LogP contribution in [0.1, 0.15) is 37.7 Å². The summed E-state index contributed by atoms with van der Waals surface area (Å²) in [7, 11) is 2.02. The molecule has 0 spiro atoms. The molecule has 0 radical (unpaired) electrons. The van der Waals surface area contributed by atoms with Gasteiger partial charge in [0.25, 0.3) is 0 Å². The van der Waals surface area contributed by atoms with Crippen molar-refractivity contribution in [2.45, 2.75) is 41.0 Å². The average molecular weight is 319 g/mol. The van der Waals surface area contributed by atoms with E-state index in [-0.39, 0.29) is 17.2 Å². The van der Waals surface area contributed by atoms with Crippen molar-refractivity contribution in [3.8, 4) is 0 Å². The monoisotopic (exact) mass is 319 g/mol. The summed E-state index contributed by atoms with van der Waals surface area (Å²) < 4.78 is 2.11. The molecule has 23 heavy (non-hydrogen) atoms. The van der Waals surface area contributed by atoms with Crippen LogP contribution in [0.3, 0.4) is 0 Å². The van der Waals surface area contributed by atoms with Crippen LogP contribution < -0.4 is 0 Å². The minimum Gasteiger partial charge on any atom is -0.352 e. The molecule has 2 rings (SSSR count). The van der Waals surface area contributed by atoms with Gasteiger partial charge in [0.05, 0.1) is 6.42 Å².